The van der Waals surface area contributed by atoms with Gasteiger partial charge in [0.05, 0.1) is 6.04 Å². The minimum Gasteiger partial charge on any atom is -0.356 e. The minimum absolute atomic E-state index is 0.152. The zero-order valence-electron chi connectivity index (χ0n) is 14.9. The van der Waals surface area contributed by atoms with Gasteiger partial charge in [-0.3, -0.25) is 4.98 Å². The Kier molecular flexibility index (Phi) is 6.34. The fourth-order valence-electron chi connectivity index (χ4n) is 2.81. The molecule has 26 heavy (non-hydrogen) atoms. The molecule has 0 saturated heterocycles. The lowest BCUT2D eigenvalue weighted by Gasteiger charge is -2.28. The van der Waals surface area contributed by atoms with Gasteiger partial charge in [0.15, 0.2) is 5.11 Å². The van der Waals surface area contributed by atoms with Crippen molar-refractivity contribution in [2.45, 2.75) is 26.1 Å². The summed E-state index contributed by atoms with van der Waals surface area (Å²) >= 11 is 5.75. The number of nitrogens with one attached hydrogen (secondary N) is 1. The van der Waals surface area contributed by atoms with Gasteiger partial charge in [-0.2, -0.15) is 0 Å². The van der Waals surface area contributed by atoms with Gasteiger partial charge in [0.1, 0.15) is 0 Å². The summed E-state index contributed by atoms with van der Waals surface area (Å²) in [5.41, 5.74) is 3.64. The molecule has 1 atom stereocenters. The fourth-order valence-corrected chi connectivity index (χ4v) is 3.12. The smallest absolute Gasteiger partial charge is 0.170 e. The van der Waals surface area contributed by atoms with Gasteiger partial charge >= 0.3 is 0 Å². The summed E-state index contributed by atoms with van der Waals surface area (Å²) in [6, 6.07) is 25.0. The van der Waals surface area contributed by atoms with Crippen LogP contribution in [0.15, 0.2) is 85.2 Å². The van der Waals surface area contributed by atoms with Crippen molar-refractivity contribution >= 4 is 17.3 Å². The quantitative estimate of drug-likeness (QED) is 0.643. The van der Waals surface area contributed by atoms with Crippen molar-refractivity contribution in [1.29, 1.82) is 0 Å². The molecule has 3 nitrogen and oxygen atoms in total. The van der Waals surface area contributed by atoms with Gasteiger partial charge in [-0.15, -0.1) is 0 Å². The second kappa shape index (κ2) is 9.11. The maximum atomic E-state index is 5.75. The highest BCUT2D eigenvalue weighted by Crippen LogP contribution is 2.15. The second-order valence-corrected chi connectivity index (χ2v) is 6.67. The largest absolute Gasteiger partial charge is 0.356 e. The molecule has 0 aliphatic heterocycles. The number of thiocarbonyl (C=S) groups is 1. The van der Waals surface area contributed by atoms with Crippen LogP contribution in [0.25, 0.3) is 0 Å². The first-order valence-electron chi connectivity index (χ1n) is 8.75. The highest BCUT2D eigenvalue weighted by Gasteiger charge is 2.14. The number of rotatable bonds is 6. The first-order chi connectivity index (χ1) is 12.7. The lowest BCUT2D eigenvalue weighted by atomic mass is 10.1. The van der Waals surface area contributed by atoms with E-state index in [4.69, 9.17) is 12.2 Å². The minimum atomic E-state index is 0.152. The second-order valence-electron chi connectivity index (χ2n) is 6.28. The van der Waals surface area contributed by atoms with Crippen molar-refractivity contribution in [3.8, 4) is 0 Å². The third kappa shape index (κ3) is 5.14. The first-order valence-corrected chi connectivity index (χ1v) is 9.16. The van der Waals surface area contributed by atoms with Crippen LogP contribution < -0.4 is 5.32 Å². The molecular weight excluding hydrogens is 338 g/mol. The molecule has 0 unspecified atom stereocenters. The van der Waals surface area contributed by atoms with Crippen LogP contribution in [0, 0.1) is 0 Å². The van der Waals surface area contributed by atoms with Gasteiger partial charge in [-0.25, -0.2) is 0 Å². The van der Waals surface area contributed by atoms with Gasteiger partial charge in [-0.1, -0.05) is 60.7 Å². The Balaban J connectivity index is 1.74. The summed E-state index contributed by atoms with van der Waals surface area (Å²) in [7, 11) is 0. The Morgan fingerprint density at radius 3 is 2.04 bits per heavy atom. The average Bonchev–Trinajstić information content (AvgIpc) is 2.69. The Morgan fingerprint density at radius 1 is 0.885 bits per heavy atom. The Morgan fingerprint density at radius 2 is 1.42 bits per heavy atom. The van der Waals surface area contributed by atoms with Crippen molar-refractivity contribution in [2.75, 3.05) is 0 Å². The molecule has 0 amide bonds. The molecule has 3 aromatic rings. The molecule has 3 rings (SSSR count). The summed E-state index contributed by atoms with van der Waals surface area (Å²) in [4.78, 5) is 6.30. The molecule has 2 aromatic carbocycles. The third-order valence-corrected chi connectivity index (χ3v) is 4.64. The van der Waals surface area contributed by atoms with Gasteiger partial charge in [0.25, 0.3) is 0 Å². The Bertz CT molecular complexity index is 765. The van der Waals surface area contributed by atoms with E-state index in [0.717, 1.165) is 18.2 Å². The molecule has 0 spiro atoms. The highest BCUT2D eigenvalue weighted by atomic mass is 32.1. The first kappa shape index (κ1) is 18.1. The van der Waals surface area contributed by atoms with Crippen LogP contribution in [0.3, 0.4) is 0 Å². The number of hydrogen-bond donors (Lipinski definition) is 1. The molecule has 0 radical (unpaired) electrons. The van der Waals surface area contributed by atoms with Crippen LogP contribution in [-0.2, 0) is 13.1 Å². The topological polar surface area (TPSA) is 28.2 Å². The van der Waals surface area contributed by atoms with Crippen LogP contribution in [0.4, 0.5) is 0 Å². The number of hydrogen-bond acceptors (Lipinski definition) is 2. The molecule has 0 fully saturated rings. The van der Waals surface area contributed by atoms with Crippen LogP contribution >= 0.6 is 12.2 Å². The van der Waals surface area contributed by atoms with Crippen LogP contribution in [0.1, 0.15) is 29.7 Å². The van der Waals surface area contributed by atoms with Crippen LogP contribution in [-0.4, -0.2) is 15.0 Å². The molecule has 0 aliphatic rings. The van der Waals surface area contributed by atoms with Gasteiger partial charge in [0, 0.05) is 25.5 Å². The molecule has 0 aliphatic carbocycles. The monoisotopic (exact) mass is 361 g/mol. The van der Waals surface area contributed by atoms with Crippen LogP contribution in [0.5, 0.6) is 0 Å². The van der Waals surface area contributed by atoms with E-state index in [1.54, 1.807) is 0 Å². The Labute approximate surface area is 160 Å². The fraction of sp³-hybridized carbons (Fsp3) is 0.182. The molecule has 0 saturated carbocycles. The van der Waals surface area contributed by atoms with Crippen molar-refractivity contribution in [1.82, 2.24) is 15.2 Å². The van der Waals surface area contributed by atoms with E-state index in [1.807, 2.05) is 36.7 Å². The molecule has 1 aromatic heterocycles. The predicted molar refractivity (Wildman–Crippen MR) is 111 cm³/mol. The maximum absolute atomic E-state index is 5.75. The number of pyridine rings is 1. The summed E-state index contributed by atoms with van der Waals surface area (Å²) in [6.07, 6.45) is 3.64. The van der Waals surface area contributed by atoms with Gasteiger partial charge in [0.2, 0.25) is 0 Å². The zero-order chi connectivity index (χ0) is 18.2. The maximum Gasteiger partial charge on any atom is 0.170 e. The van der Waals surface area contributed by atoms with E-state index in [2.05, 4.69) is 70.7 Å². The average molecular weight is 362 g/mol. The molecule has 4 heteroatoms. The zero-order valence-corrected chi connectivity index (χ0v) is 15.7. The van der Waals surface area contributed by atoms with Gasteiger partial charge < -0.3 is 10.2 Å². The normalized spacial score (nSPS) is 11.6. The van der Waals surface area contributed by atoms with E-state index in [0.29, 0.717) is 0 Å². The van der Waals surface area contributed by atoms with E-state index in [-0.39, 0.29) is 6.04 Å². The van der Waals surface area contributed by atoms with Crippen molar-refractivity contribution in [3.63, 3.8) is 0 Å². The molecular formula is C22H23N3S. The number of nitrogens with zero attached hydrogens (tertiary/aromatic N) is 2. The van der Waals surface area contributed by atoms with E-state index >= 15 is 0 Å². The van der Waals surface area contributed by atoms with E-state index < -0.39 is 0 Å². The summed E-state index contributed by atoms with van der Waals surface area (Å²) in [5, 5.41) is 4.23. The summed E-state index contributed by atoms with van der Waals surface area (Å²) in [5.74, 6) is 0. The molecule has 1 N–H and O–H groups in total. The summed E-state index contributed by atoms with van der Waals surface area (Å²) in [6.45, 7) is 3.63. The Hall–Kier alpha value is -2.72. The van der Waals surface area contributed by atoms with Crippen molar-refractivity contribution in [3.05, 3.63) is 102 Å². The highest BCUT2D eigenvalue weighted by molar-refractivity contribution is 7.80. The third-order valence-electron chi connectivity index (χ3n) is 4.27. The van der Waals surface area contributed by atoms with E-state index in [1.165, 1.54) is 16.7 Å². The SMILES string of the molecule is C[C@@H](NC(=S)N(Cc1ccccc1)Cc1ccncc1)c1ccccc1. The van der Waals surface area contributed by atoms with E-state index in [9.17, 15) is 0 Å². The standard InChI is InChI=1S/C22H23N3S/c1-18(21-10-6-3-7-11-21)24-22(26)25(16-19-8-4-2-5-9-19)17-20-12-14-23-15-13-20/h2-15,18H,16-17H2,1H3,(H,24,26)/t18-/m1/s1. The predicted octanol–water partition coefficient (Wildman–Crippen LogP) is 4.72. The summed E-state index contributed by atoms with van der Waals surface area (Å²) < 4.78 is 0. The lowest BCUT2D eigenvalue weighted by Crippen LogP contribution is -2.40. The molecule has 0 bridgehead atoms. The van der Waals surface area contributed by atoms with Crippen molar-refractivity contribution < 1.29 is 0 Å². The number of benzene rings is 2. The lowest BCUT2D eigenvalue weighted by molar-refractivity contribution is 0.393. The van der Waals surface area contributed by atoms with Crippen molar-refractivity contribution in [2.24, 2.45) is 0 Å². The molecule has 132 valence electrons. The number of aromatic nitrogens is 1. The van der Waals surface area contributed by atoms with Gasteiger partial charge in [-0.05, 0) is 48.0 Å². The molecule has 1 heterocycles. The van der Waals surface area contributed by atoms with Crippen LogP contribution in [0.2, 0.25) is 0 Å².